The second-order valence-electron chi connectivity index (χ2n) is 8.32. The van der Waals surface area contributed by atoms with E-state index in [1.54, 1.807) is 14.7 Å². The van der Waals surface area contributed by atoms with Gasteiger partial charge in [-0.2, -0.15) is 0 Å². The lowest BCUT2D eigenvalue weighted by Crippen LogP contribution is -2.59. The fraction of sp³-hybridized carbons (Fsp3) is 0.400. The van der Waals surface area contributed by atoms with Gasteiger partial charge in [0.1, 0.15) is 5.75 Å². The Morgan fingerprint density at radius 3 is 2.30 bits per heavy atom. The summed E-state index contributed by atoms with van der Waals surface area (Å²) in [6.45, 7) is 5.10. The Balaban J connectivity index is 1.26. The Labute approximate surface area is 194 Å². The Morgan fingerprint density at radius 2 is 1.64 bits per heavy atom. The number of likely N-dealkylation sites (tertiary alicyclic amines) is 1. The highest BCUT2D eigenvalue weighted by atomic mass is 16.5. The van der Waals surface area contributed by atoms with E-state index in [0.717, 1.165) is 11.3 Å². The second kappa shape index (κ2) is 10.4. The van der Waals surface area contributed by atoms with Gasteiger partial charge in [0.15, 0.2) is 0 Å². The maximum Gasteiger partial charge on any atom is 0.321 e. The molecule has 0 aromatic heterocycles. The Kier molecular flexibility index (Phi) is 7.12. The van der Waals surface area contributed by atoms with Crippen LogP contribution in [0.25, 0.3) is 0 Å². The number of hydrogen-bond acceptors (Lipinski definition) is 4. The van der Waals surface area contributed by atoms with Crippen LogP contribution in [-0.2, 0) is 16.1 Å². The van der Waals surface area contributed by atoms with Crippen molar-refractivity contribution in [3.63, 3.8) is 0 Å². The first-order chi connectivity index (χ1) is 16.0. The molecule has 2 aromatic rings. The summed E-state index contributed by atoms with van der Waals surface area (Å²) in [7, 11) is 0. The summed E-state index contributed by atoms with van der Waals surface area (Å²) in [5, 5.41) is 2.91. The number of piperidine rings is 1. The highest BCUT2D eigenvalue weighted by Crippen LogP contribution is 2.22. The number of carbonyl (C=O) groups is 3. The lowest BCUT2D eigenvalue weighted by atomic mass is 10.0. The third-order valence-electron chi connectivity index (χ3n) is 6.17. The quantitative estimate of drug-likeness (QED) is 0.686. The van der Waals surface area contributed by atoms with E-state index in [9.17, 15) is 14.4 Å². The number of nitrogens with zero attached hydrogens (tertiary/aromatic N) is 3. The molecule has 0 unspecified atom stereocenters. The van der Waals surface area contributed by atoms with E-state index in [4.69, 9.17) is 4.74 Å². The van der Waals surface area contributed by atoms with Gasteiger partial charge in [-0.05, 0) is 49.6 Å². The van der Waals surface area contributed by atoms with E-state index in [1.165, 1.54) is 0 Å². The van der Waals surface area contributed by atoms with Crippen LogP contribution in [0.1, 0.15) is 25.3 Å². The van der Waals surface area contributed by atoms with Crippen LogP contribution in [0.15, 0.2) is 54.6 Å². The molecule has 4 rings (SSSR count). The Hall–Kier alpha value is -3.55. The number of anilines is 1. The van der Waals surface area contributed by atoms with Crippen molar-refractivity contribution in [2.24, 2.45) is 0 Å². The first kappa shape index (κ1) is 22.6. The van der Waals surface area contributed by atoms with Gasteiger partial charge < -0.3 is 24.8 Å². The first-order valence-corrected chi connectivity index (χ1v) is 11.5. The van der Waals surface area contributed by atoms with Crippen molar-refractivity contribution >= 4 is 23.5 Å². The molecule has 2 aromatic carbocycles. The predicted molar refractivity (Wildman–Crippen MR) is 125 cm³/mol. The number of ether oxygens (including phenoxy) is 1. The molecular weight excluding hydrogens is 420 g/mol. The van der Waals surface area contributed by atoms with Gasteiger partial charge in [-0.15, -0.1) is 0 Å². The van der Waals surface area contributed by atoms with Crippen molar-refractivity contribution in [1.82, 2.24) is 14.7 Å². The van der Waals surface area contributed by atoms with Gasteiger partial charge in [0.05, 0.1) is 6.61 Å². The van der Waals surface area contributed by atoms with E-state index in [2.05, 4.69) is 5.32 Å². The third-order valence-corrected chi connectivity index (χ3v) is 6.17. The SMILES string of the molecule is CCOc1ccc(NC(=O)N2CCC(N3CCN(Cc4ccccc4)C(=O)C3=O)CC2)cc1. The number of nitrogens with one attached hydrogen (secondary N) is 1. The highest BCUT2D eigenvalue weighted by Gasteiger charge is 2.37. The molecule has 4 amide bonds. The molecule has 8 heteroatoms. The lowest BCUT2D eigenvalue weighted by molar-refractivity contribution is -0.158. The molecule has 0 radical (unpaired) electrons. The summed E-state index contributed by atoms with van der Waals surface area (Å²) < 4.78 is 5.42. The van der Waals surface area contributed by atoms with Crippen LogP contribution in [0, 0.1) is 0 Å². The summed E-state index contributed by atoms with van der Waals surface area (Å²) >= 11 is 0. The highest BCUT2D eigenvalue weighted by molar-refractivity contribution is 6.35. The van der Waals surface area contributed by atoms with Crippen molar-refractivity contribution in [2.75, 3.05) is 38.1 Å². The van der Waals surface area contributed by atoms with E-state index in [-0.39, 0.29) is 12.1 Å². The molecule has 0 atom stereocenters. The molecule has 1 N–H and O–H groups in total. The minimum atomic E-state index is -0.444. The van der Waals surface area contributed by atoms with Crippen LogP contribution in [0.2, 0.25) is 0 Å². The summed E-state index contributed by atoms with van der Waals surface area (Å²) in [5.41, 5.74) is 1.72. The minimum Gasteiger partial charge on any atom is -0.494 e. The summed E-state index contributed by atoms with van der Waals surface area (Å²) in [6, 6.07) is 16.8. The van der Waals surface area contributed by atoms with Gasteiger partial charge in [0.25, 0.3) is 0 Å². The van der Waals surface area contributed by atoms with E-state index >= 15 is 0 Å². The lowest BCUT2D eigenvalue weighted by Gasteiger charge is -2.42. The van der Waals surface area contributed by atoms with Crippen LogP contribution < -0.4 is 10.1 Å². The molecule has 8 nitrogen and oxygen atoms in total. The average Bonchev–Trinajstić information content (AvgIpc) is 2.84. The number of piperazine rings is 1. The maximum atomic E-state index is 12.8. The monoisotopic (exact) mass is 450 g/mol. The minimum absolute atomic E-state index is 0.0187. The largest absolute Gasteiger partial charge is 0.494 e. The van der Waals surface area contributed by atoms with E-state index in [0.29, 0.717) is 57.9 Å². The molecule has 33 heavy (non-hydrogen) atoms. The molecule has 0 spiro atoms. The molecular formula is C25H30N4O4. The van der Waals surface area contributed by atoms with E-state index in [1.807, 2.05) is 61.5 Å². The standard InChI is InChI=1S/C25H30N4O4/c1-2-33-22-10-8-20(9-11-22)26-25(32)27-14-12-21(13-15-27)29-17-16-28(23(30)24(29)31)18-19-6-4-3-5-7-19/h3-11,21H,2,12-18H2,1H3,(H,26,32). The van der Waals surface area contributed by atoms with Crippen molar-refractivity contribution in [3.8, 4) is 5.75 Å². The van der Waals surface area contributed by atoms with Crippen molar-refractivity contribution in [1.29, 1.82) is 0 Å². The normalized spacial score (nSPS) is 17.3. The van der Waals surface area contributed by atoms with E-state index < -0.39 is 11.8 Å². The number of urea groups is 1. The number of benzene rings is 2. The smallest absolute Gasteiger partial charge is 0.321 e. The van der Waals surface area contributed by atoms with Crippen molar-refractivity contribution < 1.29 is 19.1 Å². The summed E-state index contributed by atoms with van der Waals surface area (Å²) in [4.78, 5) is 43.2. The topological polar surface area (TPSA) is 82.2 Å². The van der Waals surface area contributed by atoms with Crippen LogP contribution in [-0.4, -0.2) is 71.4 Å². The molecule has 2 aliphatic heterocycles. The second-order valence-corrected chi connectivity index (χ2v) is 8.32. The number of hydrogen-bond donors (Lipinski definition) is 1. The predicted octanol–water partition coefficient (Wildman–Crippen LogP) is 2.95. The van der Waals surface area contributed by atoms with Gasteiger partial charge in [-0.25, -0.2) is 4.79 Å². The average molecular weight is 451 g/mol. The molecule has 2 fully saturated rings. The zero-order valence-electron chi connectivity index (χ0n) is 18.9. The maximum absolute atomic E-state index is 12.8. The summed E-state index contributed by atoms with van der Waals surface area (Å²) in [6.07, 6.45) is 1.32. The van der Waals surface area contributed by atoms with Gasteiger partial charge in [-0.1, -0.05) is 30.3 Å². The van der Waals surface area contributed by atoms with Crippen molar-refractivity contribution in [3.05, 3.63) is 60.2 Å². The van der Waals surface area contributed by atoms with Gasteiger partial charge in [0, 0.05) is 44.5 Å². The fourth-order valence-electron chi connectivity index (χ4n) is 4.38. The summed E-state index contributed by atoms with van der Waals surface area (Å²) in [5.74, 6) is -0.116. The van der Waals surface area contributed by atoms with Crippen LogP contribution in [0.4, 0.5) is 10.5 Å². The molecule has 0 aliphatic carbocycles. The van der Waals surface area contributed by atoms with Gasteiger partial charge in [-0.3, -0.25) is 9.59 Å². The van der Waals surface area contributed by atoms with Crippen molar-refractivity contribution in [2.45, 2.75) is 32.4 Å². The zero-order valence-corrected chi connectivity index (χ0v) is 18.9. The van der Waals surface area contributed by atoms with Crippen LogP contribution >= 0.6 is 0 Å². The number of rotatable bonds is 6. The van der Waals surface area contributed by atoms with Crippen LogP contribution in [0.3, 0.4) is 0 Å². The third kappa shape index (κ3) is 5.45. The Bertz CT molecular complexity index is 972. The van der Waals surface area contributed by atoms with Gasteiger partial charge in [0.2, 0.25) is 0 Å². The Morgan fingerprint density at radius 1 is 0.939 bits per heavy atom. The molecule has 2 heterocycles. The molecule has 2 saturated heterocycles. The first-order valence-electron chi connectivity index (χ1n) is 11.5. The zero-order chi connectivity index (χ0) is 23.2. The fourth-order valence-corrected chi connectivity index (χ4v) is 4.38. The number of amides is 4. The molecule has 174 valence electrons. The van der Waals surface area contributed by atoms with Crippen LogP contribution in [0.5, 0.6) is 5.75 Å². The molecule has 0 saturated carbocycles. The molecule has 0 bridgehead atoms. The van der Waals surface area contributed by atoms with Gasteiger partial charge >= 0.3 is 17.8 Å². The molecule has 2 aliphatic rings. The number of carbonyl (C=O) groups excluding carboxylic acids is 3.